The lowest BCUT2D eigenvalue weighted by Crippen LogP contribution is -2.16. The van der Waals surface area contributed by atoms with E-state index in [2.05, 4.69) is 0 Å². The molecule has 0 heterocycles. The van der Waals surface area contributed by atoms with Crippen LogP contribution in [-0.4, -0.2) is 22.4 Å². The van der Waals surface area contributed by atoms with Crippen molar-refractivity contribution < 1.29 is 10.2 Å². The SMILES string of the molecule is OC1CCCCC(O)CC1. The van der Waals surface area contributed by atoms with Gasteiger partial charge in [0.25, 0.3) is 0 Å². The van der Waals surface area contributed by atoms with Gasteiger partial charge in [-0.1, -0.05) is 12.8 Å². The minimum Gasteiger partial charge on any atom is -0.393 e. The summed E-state index contributed by atoms with van der Waals surface area (Å²) in [6.45, 7) is 0. The molecule has 0 radical (unpaired) electrons. The van der Waals surface area contributed by atoms with Gasteiger partial charge in [-0.3, -0.25) is 0 Å². The van der Waals surface area contributed by atoms with E-state index in [0.717, 1.165) is 38.5 Å². The fourth-order valence-corrected chi connectivity index (χ4v) is 1.43. The zero-order chi connectivity index (χ0) is 7.40. The Morgan fingerprint density at radius 2 is 1.10 bits per heavy atom. The molecule has 0 aromatic carbocycles. The molecule has 0 amide bonds. The first-order valence-electron chi connectivity index (χ1n) is 4.15. The van der Waals surface area contributed by atoms with E-state index in [1.807, 2.05) is 0 Å². The number of rotatable bonds is 0. The summed E-state index contributed by atoms with van der Waals surface area (Å²) in [5.41, 5.74) is 0. The van der Waals surface area contributed by atoms with Crippen LogP contribution in [0.25, 0.3) is 0 Å². The van der Waals surface area contributed by atoms with Crippen LogP contribution in [-0.2, 0) is 0 Å². The van der Waals surface area contributed by atoms with Crippen molar-refractivity contribution in [2.24, 2.45) is 0 Å². The quantitative estimate of drug-likeness (QED) is 0.533. The monoisotopic (exact) mass is 144 g/mol. The summed E-state index contributed by atoms with van der Waals surface area (Å²) in [6, 6.07) is 0. The van der Waals surface area contributed by atoms with Crippen molar-refractivity contribution in [3.05, 3.63) is 0 Å². The van der Waals surface area contributed by atoms with Crippen LogP contribution in [0.1, 0.15) is 38.5 Å². The molecule has 10 heavy (non-hydrogen) atoms. The Morgan fingerprint density at radius 3 is 1.50 bits per heavy atom. The maximum atomic E-state index is 9.22. The summed E-state index contributed by atoms with van der Waals surface area (Å²) < 4.78 is 0. The lowest BCUT2D eigenvalue weighted by atomic mass is 9.97. The van der Waals surface area contributed by atoms with Crippen molar-refractivity contribution in [1.82, 2.24) is 0 Å². The predicted octanol–water partition coefficient (Wildman–Crippen LogP) is 1.06. The van der Waals surface area contributed by atoms with Crippen LogP contribution in [0, 0.1) is 0 Å². The van der Waals surface area contributed by atoms with Gasteiger partial charge < -0.3 is 10.2 Å². The molecule has 1 aliphatic carbocycles. The van der Waals surface area contributed by atoms with Gasteiger partial charge in [0.2, 0.25) is 0 Å². The highest BCUT2D eigenvalue weighted by atomic mass is 16.3. The van der Waals surface area contributed by atoms with Gasteiger partial charge in [0, 0.05) is 0 Å². The van der Waals surface area contributed by atoms with E-state index in [4.69, 9.17) is 0 Å². The van der Waals surface area contributed by atoms with E-state index in [1.165, 1.54) is 0 Å². The average molecular weight is 144 g/mol. The van der Waals surface area contributed by atoms with Gasteiger partial charge in [0.15, 0.2) is 0 Å². The van der Waals surface area contributed by atoms with E-state index in [9.17, 15) is 10.2 Å². The molecule has 1 fully saturated rings. The van der Waals surface area contributed by atoms with Gasteiger partial charge in [0.1, 0.15) is 0 Å². The Morgan fingerprint density at radius 1 is 0.700 bits per heavy atom. The maximum Gasteiger partial charge on any atom is 0.0541 e. The normalized spacial score (nSPS) is 36.6. The van der Waals surface area contributed by atoms with Crippen molar-refractivity contribution in [2.45, 2.75) is 50.7 Å². The number of hydrogen-bond acceptors (Lipinski definition) is 2. The van der Waals surface area contributed by atoms with Crippen LogP contribution in [0.4, 0.5) is 0 Å². The highest BCUT2D eigenvalue weighted by Gasteiger charge is 2.12. The molecule has 0 aromatic heterocycles. The van der Waals surface area contributed by atoms with Gasteiger partial charge in [-0.2, -0.15) is 0 Å². The first kappa shape index (κ1) is 8.02. The van der Waals surface area contributed by atoms with Crippen LogP contribution < -0.4 is 0 Å². The summed E-state index contributed by atoms with van der Waals surface area (Å²) in [6.07, 6.45) is 5.22. The highest BCUT2D eigenvalue weighted by Crippen LogP contribution is 2.17. The lowest BCUT2D eigenvalue weighted by Gasteiger charge is -2.17. The molecule has 60 valence electrons. The first-order chi connectivity index (χ1) is 4.79. The molecule has 0 aromatic rings. The van der Waals surface area contributed by atoms with Crippen LogP contribution in [0.15, 0.2) is 0 Å². The Labute approximate surface area is 61.9 Å². The van der Waals surface area contributed by atoms with Crippen molar-refractivity contribution in [2.75, 3.05) is 0 Å². The molecule has 0 saturated heterocycles. The fourth-order valence-electron chi connectivity index (χ4n) is 1.43. The zero-order valence-electron chi connectivity index (χ0n) is 6.29. The lowest BCUT2D eigenvalue weighted by molar-refractivity contribution is 0.0866. The van der Waals surface area contributed by atoms with E-state index < -0.39 is 0 Å². The molecule has 0 bridgehead atoms. The third kappa shape index (κ3) is 2.67. The van der Waals surface area contributed by atoms with E-state index in [1.54, 1.807) is 0 Å². The second-order valence-electron chi connectivity index (χ2n) is 3.17. The van der Waals surface area contributed by atoms with Crippen LogP contribution in [0.2, 0.25) is 0 Å². The molecule has 1 rings (SSSR count). The highest BCUT2D eigenvalue weighted by molar-refractivity contribution is 4.66. The maximum absolute atomic E-state index is 9.22. The molecule has 1 aliphatic rings. The van der Waals surface area contributed by atoms with Crippen LogP contribution in [0.3, 0.4) is 0 Å². The second kappa shape index (κ2) is 3.94. The molecule has 1 saturated carbocycles. The van der Waals surface area contributed by atoms with Gasteiger partial charge >= 0.3 is 0 Å². The zero-order valence-corrected chi connectivity index (χ0v) is 6.29. The molecular formula is C8H16O2. The third-order valence-corrected chi connectivity index (χ3v) is 2.16. The number of hydrogen-bond donors (Lipinski definition) is 2. The van der Waals surface area contributed by atoms with Gasteiger partial charge in [-0.25, -0.2) is 0 Å². The molecule has 2 N–H and O–H groups in total. The molecule has 0 aliphatic heterocycles. The summed E-state index contributed by atoms with van der Waals surface area (Å²) in [5.74, 6) is 0. The first-order valence-corrected chi connectivity index (χ1v) is 4.15. The molecule has 2 atom stereocenters. The van der Waals surface area contributed by atoms with Crippen molar-refractivity contribution >= 4 is 0 Å². The van der Waals surface area contributed by atoms with Gasteiger partial charge in [0.05, 0.1) is 12.2 Å². The van der Waals surface area contributed by atoms with E-state index in [-0.39, 0.29) is 12.2 Å². The standard InChI is InChI=1S/C8H16O2/c9-7-3-1-2-4-8(10)6-5-7/h7-10H,1-6H2. The molecule has 2 unspecified atom stereocenters. The third-order valence-electron chi connectivity index (χ3n) is 2.16. The summed E-state index contributed by atoms with van der Waals surface area (Å²) >= 11 is 0. The minimum atomic E-state index is -0.157. The van der Waals surface area contributed by atoms with Crippen LogP contribution in [0.5, 0.6) is 0 Å². The predicted molar refractivity (Wildman–Crippen MR) is 39.7 cm³/mol. The summed E-state index contributed by atoms with van der Waals surface area (Å²) in [5, 5.41) is 18.4. The van der Waals surface area contributed by atoms with E-state index >= 15 is 0 Å². The fraction of sp³-hybridized carbons (Fsp3) is 1.00. The van der Waals surface area contributed by atoms with Gasteiger partial charge in [-0.15, -0.1) is 0 Å². The largest absolute Gasteiger partial charge is 0.393 e. The van der Waals surface area contributed by atoms with Crippen molar-refractivity contribution in [1.29, 1.82) is 0 Å². The smallest absolute Gasteiger partial charge is 0.0541 e. The Hall–Kier alpha value is -0.0800. The van der Waals surface area contributed by atoms with Gasteiger partial charge in [-0.05, 0) is 25.7 Å². The molecular weight excluding hydrogens is 128 g/mol. The van der Waals surface area contributed by atoms with Crippen molar-refractivity contribution in [3.8, 4) is 0 Å². The average Bonchev–Trinajstić information content (AvgIpc) is 1.90. The topological polar surface area (TPSA) is 40.5 Å². The molecule has 2 heteroatoms. The Bertz CT molecular complexity index is 81.3. The summed E-state index contributed by atoms with van der Waals surface area (Å²) in [4.78, 5) is 0. The van der Waals surface area contributed by atoms with Crippen LogP contribution >= 0.6 is 0 Å². The second-order valence-corrected chi connectivity index (χ2v) is 3.17. The number of aliphatic hydroxyl groups excluding tert-OH is 2. The minimum absolute atomic E-state index is 0.157. The molecule has 2 nitrogen and oxygen atoms in total. The van der Waals surface area contributed by atoms with Crippen molar-refractivity contribution in [3.63, 3.8) is 0 Å². The summed E-state index contributed by atoms with van der Waals surface area (Å²) in [7, 11) is 0. The van der Waals surface area contributed by atoms with E-state index in [0.29, 0.717) is 0 Å². The Balaban J connectivity index is 2.23. The molecule has 0 spiro atoms. The number of aliphatic hydroxyl groups is 2. The Kier molecular flexibility index (Phi) is 3.16.